The molecule has 162 valence electrons. The summed E-state index contributed by atoms with van der Waals surface area (Å²) in [5.74, 6) is 0.391. The van der Waals surface area contributed by atoms with E-state index < -0.39 is 0 Å². The number of hydrogen-bond donors (Lipinski definition) is 1. The molecule has 1 atom stereocenters. The zero-order valence-electron chi connectivity index (χ0n) is 19.5. The monoisotopic (exact) mass is 433 g/mol. The summed E-state index contributed by atoms with van der Waals surface area (Å²) in [6.45, 7) is 13.1. The number of carbonyl (C=O) groups is 1. The van der Waals surface area contributed by atoms with E-state index in [2.05, 4.69) is 75.1 Å². The Morgan fingerprint density at radius 2 is 1.90 bits per heavy atom. The summed E-state index contributed by atoms with van der Waals surface area (Å²) in [5.41, 5.74) is 8.26. The number of benzene rings is 2. The van der Waals surface area contributed by atoms with Crippen LogP contribution in [0, 0.1) is 20.8 Å². The molecule has 4 rings (SSSR count). The highest BCUT2D eigenvalue weighted by Gasteiger charge is 2.34. The molecule has 2 heterocycles. The van der Waals surface area contributed by atoms with Crippen molar-refractivity contribution in [3.63, 3.8) is 0 Å². The summed E-state index contributed by atoms with van der Waals surface area (Å²) < 4.78 is 0. The first-order valence-electron chi connectivity index (χ1n) is 10.8. The molecule has 2 aromatic rings. The topological polar surface area (TPSA) is 44.7 Å². The van der Waals surface area contributed by atoms with Crippen molar-refractivity contribution >= 4 is 40.3 Å². The average molecular weight is 434 g/mol. The number of amidine groups is 1. The largest absolute Gasteiger partial charge is 0.369 e. The number of aliphatic imine (C=N–C) groups is 1. The van der Waals surface area contributed by atoms with Gasteiger partial charge < -0.3 is 10.2 Å². The van der Waals surface area contributed by atoms with Gasteiger partial charge in [0.05, 0.1) is 10.6 Å². The smallest absolute Gasteiger partial charge is 0.264 e. The minimum atomic E-state index is -0.0862. The summed E-state index contributed by atoms with van der Waals surface area (Å²) in [5, 5.41) is 3.55. The molecule has 2 aliphatic rings. The molecule has 0 unspecified atom stereocenters. The number of thioether (sulfide) groups is 1. The van der Waals surface area contributed by atoms with Crippen LogP contribution in [0.15, 0.2) is 40.2 Å². The molecule has 0 saturated carbocycles. The summed E-state index contributed by atoms with van der Waals surface area (Å²) in [7, 11) is 2.18. The standard InChI is InChI=1S/C26H31N3OS/c1-15-8-9-21(17(3)10-15)27-25-28-24(30)23(31-25)13-19-12-20-18(4)14-26(5,6)29(7)22(20)11-16(19)2/h8-13,18H,14H2,1-7H3,(H,27,28,30)/b23-13-/t18-/m0/s1. The third kappa shape index (κ3) is 4.16. The molecule has 4 nitrogen and oxygen atoms in total. The minimum Gasteiger partial charge on any atom is -0.369 e. The number of aryl methyl sites for hydroxylation is 3. The van der Waals surface area contributed by atoms with Crippen LogP contribution in [0.3, 0.4) is 0 Å². The number of anilines is 1. The lowest BCUT2D eigenvalue weighted by atomic mass is 9.79. The predicted molar refractivity (Wildman–Crippen MR) is 133 cm³/mol. The van der Waals surface area contributed by atoms with Gasteiger partial charge in [-0.25, -0.2) is 4.99 Å². The third-order valence-corrected chi connectivity index (χ3v) is 7.44. The molecule has 0 radical (unpaired) electrons. The van der Waals surface area contributed by atoms with Gasteiger partial charge in [-0.15, -0.1) is 0 Å². The molecule has 1 N–H and O–H groups in total. The molecule has 0 aromatic heterocycles. The van der Waals surface area contributed by atoms with E-state index in [4.69, 9.17) is 0 Å². The van der Waals surface area contributed by atoms with Crippen LogP contribution in [-0.4, -0.2) is 23.7 Å². The molecule has 5 heteroatoms. The number of rotatable bonds is 2. The SMILES string of the molecule is Cc1ccc(N=C2NC(=O)/C(=C/c3cc4c(cc3C)N(C)C(C)(C)C[C@@H]4C)S2)c(C)c1. The van der Waals surface area contributed by atoms with Crippen LogP contribution in [0.5, 0.6) is 0 Å². The molecule has 1 saturated heterocycles. The van der Waals surface area contributed by atoms with E-state index in [1.54, 1.807) is 0 Å². The number of amides is 1. The summed E-state index contributed by atoms with van der Waals surface area (Å²) in [4.78, 5) is 20.4. The maximum Gasteiger partial charge on any atom is 0.264 e. The van der Waals surface area contributed by atoms with Gasteiger partial charge in [0, 0.05) is 18.3 Å². The van der Waals surface area contributed by atoms with Crippen LogP contribution in [-0.2, 0) is 4.79 Å². The maximum atomic E-state index is 12.6. The fourth-order valence-corrected chi connectivity index (χ4v) is 5.38. The van der Waals surface area contributed by atoms with Crippen molar-refractivity contribution in [2.24, 2.45) is 4.99 Å². The van der Waals surface area contributed by atoms with Gasteiger partial charge in [-0.2, -0.15) is 0 Å². The first kappa shape index (κ1) is 21.7. The Morgan fingerprint density at radius 3 is 2.61 bits per heavy atom. The number of nitrogens with zero attached hydrogens (tertiary/aromatic N) is 2. The fraction of sp³-hybridized carbons (Fsp3) is 0.385. The van der Waals surface area contributed by atoms with E-state index in [0.29, 0.717) is 16.0 Å². The number of nitrogens with one attached hydrogen (secondary N) is 1. The number of hydrogen-bond acceptors (Lipinski definition) is 4. The van der Waals surface area contributed by atoms with E-state index >= 15 is 0 Å². The van der Waals surface area contributed by atoms with E-state index in [9.17, 15) is 4.79 Å². The second-order valence-electron chi connectivity index (χ2n) is 9.52. The number of carbonyl (C=O) groups excluding carboxylic acids is 1. The Labute approximate surface area is 189 Å². The van der Waals surface area contributed by atoms with Gasteiger partial charge in [0.25, 0.3) is 5.91 Å². The lowest BCUT2D eigenvalue weighted by Gasteiger charge is -2.45. The van der Waals surface area contributed by atoms with Crippen LogP contribution >= 0.6 is 11.8 Å². The molecule has 2 aliphatic heterocycles. The van der Waals surface area contributed by atoms with Gasteiger partial charge in [-0.05, 0) is 105 Å². The summed E-state index contributed by atoms with van der Waals surface area (Å²) in [6, 6.07) is 10.7. The van der Waals surface area contributed by atoms with Crippen LogP contribution in [0.2, 0.25) is 0 Å². The van der Waals surface area contributed by atoms with Crippen molar-refractivity contribution in [3.8, 4) is 0 Å². The highest BCUT2D eigenvalue weighted by atomic mass is 32.2. The molecule has 0 spiro atoms. The van der Waals surface area contributed by atoms with Crippen molar-refractivity contribution < 1.29 is 4.79 Å². The zero-order chi connectivity index (χ0) is 22.5. The van der Waals surface area contributed by atoms with Crippen LogP contribution < -0.4 is 10.2 Å². The van der Waals surface area contributed by atoms with Gasteiger partial charge >= 0.3 is 0 Å². The van der Waals surface area contributed by atoms with Crippen molar-refractivity contribution in [2.45, 2.75) is 59.4 Å². The predicted octanol–water partition coefficient (Wildman–Crippen LogP) is 6.23. The average Bonchev–Trinajstić information content (AvgIpc) is 3.02. The highest BCUT2D eigenvalue weighted by molar-refractivity contribution is 8.18. The Morgan fingerprint density at radius 1 is 1.16 bits per heavy atom. The lowest BCUT2D eigenvalue weighted by Crippen LogP contribution is -2.45. The molecular weight excluding hydrogens is 402 g/mol. The van der Waals surface area contributed by atoms with Gasteiger partial charge in [-0.1, -0.05) is 24.6 Å². The van der Waals surface area contributed by atoms with Crippen molar-refractivity contribution in [1.82, 2.24) is 5.32 Å². The van der Waals surface area contributed by atoms with Crippen LogP contribution in [0.1, 0.15) is 60.9 Å². The van der Waals surface area contributed by atoms with E-state index in [1.807, 2.05) is 25.1 Å². The molecule has 2 aromatic carbocycles. The molecule has 1 amide bonds. The van der Waals surface area contributed by atoms with E-state index in [0.717, 1.165) is 23.2 Å². The van der Waals surface area contributed by atoms with Gasteiger partial charge in [0.2, 0.25) is 0 Å². The second-order valence-corrected chi connectivity index (χ2v) is 10.5. The molecule has 0 aliphatic carbocycles. The van der Waals surface area contributed by atoms with Gasteiger partial charge in [-0.3, -0.25) is 4.79 Å². The minimum absolute atomic E-state index is 0.0862. The van der Waals surface area contributed by atoms with Crippen molar-refractivity contribution in [3.05, 3.63) is 63.1 Å². The van der Waals surface area contributed by atoms with Crippen molar-refractivity contribution in [2.75, 3.05) is 11.9 Å². The van der Waals surface area contributed by atoms with Gasteiger partial charge in [0.1, 0.15) is 0 Å². The molecule has 31 heavy (non-hydrogen) atoms. The van der Waals surface area contributed by atoms with Gasteiger partial charge in [0.15, 0.2) is 5.17 Å². The zero-order valence-corrected chi connectivity index (χ0v) is 20.3. The Balaban J connectivity index is 1.66. The number of fused-ring (bicyclic) bond motifs is 1. The van der Waals surface area contributed by atoms with Crippen LogP contribution in [0.25, 0.3) is 6.08 Å². The van der Waals surface area contributed by atoms with E-state index in [1.165, 1.54) is 34.1 Å². The highest BCUT2D eigenvalue weighted by Crippen LogP contribution is 2.44. The Hall–Kier alpha value is -2.53. The molecule has 0 bridgehead atoms. The summed E-state index contributed by atoms with van der Waals surface area (Å²) in [6.07, 6.45) is 3.12. The maximum absolute atomic E-state index is 12.6. The third-order valence-electron chi connectivity index (χ3n) is 6.53. The molecule has 1 fully saturated rings. The van der Waals surface area contributed by atoms with Crippen molar-refractivity contribution in [1.29, 1.82) is 0 Å². The normalized spacial score (nSPS) is 22.7. The molecular formula is C26H31N3OS. The summed E-state index contributed by atoms with van der Waals surface area (Å²) >= 11 is 1.41. The second kappa shape index (κ2) is 7.86. The Kier molecular flexibility index (Phi) is 5.50. The van der Waals surface area contributed by atoms with Crippen LogP contribution in [0.4, 0.5) is 11.4 Å². The quantitative estimate of drug-likeness (QED) is 0.571. The Bertz CT molecular complexity index is 1130. The first-order valence-corrected chi connectivity index (χ1v) is 11.6. The lowest BCUT2D eigenvalue weighted by molar-refractivity contribution is -0.115. The fourth-order valence-electron chi connectivity index (χ4n) is 4.55. The van der Waals surface area contributed by atoms with E-state index in [-0.39, 0.29) is 11.4 Å². The first-order chi connectivity index (χ1) is 14.5.